The minimum atomic E-state index is -0.446. The smallest absolute Gasteiger partial charge is 0.123 e. The van der Waals surface area contributed by atoms with E-state index >= 15 is 0 Å². The molecule has 2 nitrogen and oxygen atoms in total. The Hall–Kier alpha value is -1.12. The Kier molecular flexibility index (Phi) is 4.06. The van der Waals surface area contributed by atoms with E-state index in [-0.39, 0.29) is 6.10 Å². The van der Waals surface area contributed by atoms with Crippen molar-refractivity contribution in [1.82, 2.24) is 0 Å². The molecule has 0 amide bonds. The highest BCUT2D eigenvalue weighted by Crippen LogP contribution is 2.24. The van der Waals surface area contributed by atoms with Crippen LogP contribution in [0.4, 0.5) is 0 Å². The lowest BCUT2D eigenvalue weighted by Crippen LogP contribution is -2.23. The van der Waals surface area contributed by atoms with Gasteiger partial charge in [0.05, 0.1) is 0 Å². The number of rotatable bonds is 5. The minimum absolute atomic E-state index is 0.104. The summed E-state index contributed by atoms with van der Waals surface area (Å²) < 4.78 is 0. The number of hydrogen-bond acceptors (Lipinski definition) is 2. The van der Waals surface area contributed by atoms with Crippen LogP contribution in [-0.2, 0) is 15.4 Å². The molecule has 0 saturated heterocycles. The van der Waals surface area contributed by atoms with Gasteiger partial charge in [-0.05, 0) is 26.3 Å². The fraction of sp³-hybridized carbons (Fsp3) is 0.385. The summed E-state index contributed by atoms with van der Waals surface area (Å²) in [5, 5.41) is 0. The van der Waals surface area contributed by atoms with Crippen LogP contribution in [-0.4, -0.2) is 6.10 Å². The Balaban J connectivity index is 2.63. The fourth-order valence-electron chi connectivity index (χ4n) is 1.12. The molecule has 0 aliphatic carbocycles. The van der Waals surface area contributed by atoms with Gasteiger partial charge in [-0.2, -0.15) is 0 Å². The fourth-order valence-corrected chi connectivity index (χ4v) is 1.12. The van der Waals surface area contributed by atoms with Crippen molar-refractivity contribution in [3.8, 4) is 0 Å². The van der Waals surface area contributed by atoms with Crippen molar-refractivity contribution >= 4 is 0 Å². The number of benzene rings is 1. The quantitative estimate of drug-likeness (QED) is 0.417. The molecule has 0 radical (unpaired) electrons. The average Bonchev–Trinajstić information content (AvgIpc) is 2.27. The highest BCUT2D eigenvalue weighted by atomic mass is 17.2. The van der Waals surface area contributed by atoms with Crippen molar-refractivity contribution in [1.29, 1.82) is 0 Å². The average molecular weight is 206 g/mol. The van der Waals surface area contributed by atoms with Crippen LogP contribution in [0.15, 0.2) is 43.0 Å². The molecule has 0 fully saturated rings. The standard InChI is InChI=1S/C13H18O2/c1-5-11(2)14-15-13(3,4)12-9-7-6-8-10-12/h5-11H,1H2,2-4H3. The van der Waals surface area contributed by atoms with E-state index in [4.69, 9.17) is 9.78 Å². The van der Waals surface area contributed by atoms with Crippen molar-refractivity contribution in [2.45, 2.75) is 32.5 Å². The molecule has 15 heavy (non-hydrogen) atoms. The molecule has 0 heterocycles. The maximum Gasteiger partial charge on any atom is 0.123 e. The number of hydrogen-bond donors (Lipinski definition) is 0. The molecule has 2 heteroatoms. The first-order valence-corrected chi connectivity index (χ1v) is 5.09. The molecule has 0 saturated carbocycles. The van der Waals surface area contributed by atoms with Crippen molar-refractivity contribution in [3.05, 3.63) is 48.6 Å². The molecule has 0 aliphatic heterocycles. The van der Waals surface area contributed by atoms with Crippen LogP contribution < -0.4 is 0 Å². The van der Waals surface area contributed by atoms with Gasteiger partial charge in [-0.3, -0.25) is 0 Å². The van der Waals surface area contributed by atoms with E-state index in [0.717, 1.165) is 5.56 Å². The Morgan fingerprint density at radius 3 is 2.40 bits per heavy atom. The molecule has 0 aliphatic rings. The van der Waals surface area contributed by atoms with Gasteiger partial charge >= 0.3 is 0 Å². The summed E-state index contributed by atoms with van der Waals surface area (Å²) in [4.78, 5) is 10.6. The lowest BCUT2D eigenvalue weighted by Gasteiger charge is -2.25. The minimum Gasteiger partial charge on any atom is -0.229 e. The zero-order valence-corrected chi connectivity index (χ0v) is 9.57. The highest BCUT2D eigenvalue weighted by Gasteiger charge is 2.23. The normalized spacial score (nSPS) is 13.5. The molecule has 1 aromatic rings. The first-order chi connectivity index (χ1) is 7.06. The van der Waals surface area contributed by atoms with Gasteiger partial charge in [-0.1, -0.05) is 36.4 Å². The molecule has 0 bridgehead atoms. The largest absolute Gasteiger partial charge is 0.229 e. The summed E-state index contributed by atoms with van der Waals surface area (Å²) in [6, 6.07) is 9.98. The second-order valence-electron chi connectivity index (χ2n) is 4.00. The van der Waals surface area contributed by atoms with Crippen LogP contribution in [0.5, 0.6) is 0 Å². The van der Waals surface area contributed by atoms with Crippen LogP contribution in [0.3, 0.4) is 0 Å². The van der Waals surface area contributed by atoms with Gasteiger partial charge in [-0.25, -0.2) is 9.78 Å². The molecule has 1 aromatic carbocycles. The second kappa shape index (κ2) is 5.10. The van der Waals surface area contributed by atoms with E-state index in [9.17, 15) is 0 Å². The van der Waals surface area contributed by atoms with Crippen LogP contribution in [0.1, 0.15) is 26.3 Å². The van der Waals surface area contributed by atoms with Gasteiger partial charge in [0.2, 0.25) is 0 Å². The highest BCUT2D eigenvalue weighted by molar-refractivity contribution is 5.20. The van der Waals surface area contributed by atoms with Gasteiger partial charge in [0.15, 0.2) is 0 Å². The predicted octanol–water partition coefficient (Wildman–Crippen LogP) is 3.44. The van der Waals surface area contributed by atoms with E-state index < -0.39 is 5.60 Å². The van der Waals surface area contributed by atoms with Crippen LogP contribution in [0.25, 0.3) is 0 Å². The van der Waals surface area contributed by atoms with Crippen LogP contribution >= 0.6 is 0 Å². The summed E-state index contributed by atoms with van der Waals surface area (Å²) in [6.07, 6.45) is 1.59. The first kappa shape index (κ1) is 12.0. The Bertz CT molecular complexity index is 304. The van der Waals surface area contributed by atoms with E-state index in [1.165, 1.54) is 0 Å². The molecule has 1 rings (SSSR count). The Labute approximate surface area is 91.5 Å². The molecule has 82 valence electrons. The van der Waals surface area contributed by atoms with Gasteiger partial charge in [0.1, 0.15) is 11.7 Å². The van der Waals surface area contributed by atoms with Crippen molar-refractivity contribution in [2.24, 2.45) is 0 Å². The maximum atomic E-state index is 5.40. The summed E-state index contributed by atoms with van der Waals surface area (Å²) in [5.74, 6) is 0. The molecule has 0 spiro atoms. The molecule has 1 atom stereocenters. The summed E-state index contributed by atoms with van der Waals surface area (Å²) in [7, 11) is 0. The molecule has 0 N–H and O–H groups in total. The predicted molar refractivity (Wildman–Crippen MR) is 61.3 cm³/mol. The molecular formula is C13H18O2. The van der Waals surface area contributed by atoms with Gasteiger partial charge in [0, 0.05) is 0 Å². The third-order valence-electron chi connectivity index (χ3n) is 2.21. The van der Waals surface area contributed by atoms with Crippen LogP contribution in [0, 0.1) is 0 Å². The monoisotopic (exact) mass is 206 g/mol. The zero-order valence-electron chi connectivity index (χ0n) is 9.57. The third kappa shape index (κ3) is 3.50. The first-order valence-electron chi connectivity index (χ1n) is 5.09. The van der Waals surface area contributed by atoms with Crippen molar-refractivity contribution in [2.75, 3.05) is 0 Å². The van der Waals surface area contributed by atoms with Gasteiger partial charge in [0.25, 0.3) is 0 Å². The lowest BCUT2D eigenvalue weighted by atomic mass is 9.99. The van der Waals surface area contributed by atoms with Crippen molar-refractivity contribution in [3.63, 3.8) is 0 Å². The lowest BCUT2D eigenvalue weighted by molar-refractivity contribution is -0.371. The van der Waals surface area contributed by atoms with E-state index in [1.807, 2.05) is 51.1 Å². The third-order valence-corrected chi connectivity index (χ3v) is 2.21. The van der Waals surface area contributed by atoms with E-state index in [1.54, 1.807) is 6.08 Å². The summed E-state index contributed by atoms with van der Waals surface area (Å²) in [5.41, 5.74) is 0.639. The summed E-state index contributed by atoms with van der Waals surface area (Å²) >= 11 is 0. The molecule has 0 aromatic heterocycles. The molecular weight excluding hydrogens is 188 g/mol. The molecule has 1 unspecified atom stereocenters. The van der Waals surface area contributed by atoms with E-state index in [0.29, 0.717) is 0 Å². The Morgan fingerprint density at radius 2 is 1.87 bits per heavy atom. The van der Waals surface area contributed by atoms with Gasteiger partial charge < -0.3 is 0 Å². The maximum absolute atomic E-state index is 5.40. The zero-order chi connectivity index (χ0) is 11.3. The second-order valence-corrected chi connectivity index (χ2v) is 4.00. The van der Waals surface area contributed by atoms with Crippen LogP contribution in [0.2, 0.25) is 0 Å². The summed E-state index contributed by atoms with van der Waals surface area (Å²) in [6.45, 7) is 9.45. The SMILES string of the molecule is C=CC(C)OOC(C)(C)c1ccccc1. The van der Waals surface area contributed by atoms with Gasteiger partial charge in [-0.15, -0.1) is 6.58 Å². The van der Waals surface area contributed by atoms with E-state index in [2.05, 4.69) is 6.58 Å². The Morgan fingerprint density at radius 1 is 1.27 bits per heavy atom. The topological polar surface area (TPSA) is 18.5 Å². The van der Waals surface area contributed by atoms with Crippen molar-refractivity contribution < 1.29 is 9.78 Å².